The average molecular weight is 253 g/mol. The standard InChI is InChI=1S/C12H16FN3O2/c1-7-2-3-16(6-10(7)17)12(18)9-4-8(13)5-15-11(9)14/h4-5,7,10,17H,2-3,6H2,1H3,(H2,14,15). The van der Waals surface area contributed by atoms with Crippen molar-refractivity contribution in [2.24, 2.45) is 5.92 Å². The number of halogens is 1. The van der Waals surface area contributed by atoms with Crippen LogP contribution in [0.5, 0.6) is 0 Å². The predicted molar refractivity (Wildman–Crippen MR) is 64.3 cm³/mol. The molecule has 0 aliphatic carbocycles. The first-order chi connectivity index (χ1) is 8.49. The third kappa shape index (κ3) is 2.43. The number of carbonyl (C=O) groups is 1. The minimum Gasteiger partial charge on any atom is -0.391 e. The van der Waals surface area contributed by atoms with Crippen LogP contribution in [0.3, 0.4) is 0 Å². The molecule has 2 unspecified atom stereocenters. The Balaban J connectivity index is 2.19. The molecule has 18 heavy (non-hydrogen) atoms. The largest absolute Gasteiger partial charge is 0.391 e. The number of aliphatic hydroxyl groups excluding tert-OH is 1. The Morgan fingerprint density at radius 2 is 2.39 bits per heavy atom. The number of hydrogen-bond donors (Lipinski definition) is 2. The summed E-state index contributed by atoms with van der Waals surface area (Å²) < 4.78 is 13.1. The highest BCUT2D eigenvalue weighted by atomic mass is 19.1. The number of pyridine rings is 1. The monoisotopic (exact) mass is 253 g/mol. The van der Waals surface area contributed by atoms with E-state index in [0.29, 0.717) is 6.54 Å². The summed E-state index contributed by atoms with van der Waals surface area (Å²) >= 11 is 0. The summed E-state index contributed by atoms with van der Waals surface area (Å²) in [5.74, 6) is -0.810. The summed E-state index contributed by atoms with van der Waals surface area (Å²) in [7, 11) is 0. The third-order valence-corrected chi connectivity index (χ3v) is 3.32. The molecule has 1 aromatic rings. The number of aliphatic hydroxyl groups is 1. The highest BCUT2D eigenvalue weighted by Gasteiger charge is 2.29. The highest BCUT2D eigenvalue weighted by molar-refractivity contribution is 5.98. The number of rotatable bonds is 1. The summed E-state index contributed by atoms with van der Waals surface area (Å²) in [5.41, 5.74) is 5.62. The number of nitrogens with two attached hydrogens (primary N) is 1. The van der Waals surface area contributed by atoms with Crippen LogP contribution in [0.1, 0.15) is 23.7 Å². The molecular weight excluding hydrogens is 237 g/mol. The molecule has 1 aliphatic heterocycles. The van der Waals surface area contributed by atoms with Gasteiger partial charge in [0.25, 0.3) is 5.91 Å². The number of aromatic nitrogens is 1. The molecule has 1 aliphatic rings. The lowest BCUT2D eigenvalue weighted by molar-refractivity contribution is 0.0249. The molecule has 0 spiro atoms. The minimum absolute atomic E-state index is 0.00881. The van der Waals surface area contributed by atoms with E-state index in [1.54, 1.807) is 0 Å². The predicted octanol–water partition coefficient (Wildman–Crippen LogP) is 0.646. The maximum atomic E-state index is 13.1. The first-order valence-corrected chi connectivity index (χ1v) is 5.87. The molecule has 6 heteroatoms. The maximum Gasteiger partial charge on any atom is 0.257 e. The molecule has 1 aromatic heterocycles. The molecular formula is C12H16FN3O2. The second kappa shape index (κ2) is 4.89. The number of piperidine rings is 1. The van der Waals surface area contributed by atoms with E-state index >= 15 is 0 Å². The van der Waals surface area contributed by atoms with Crippen LogP contribution in [0.4, 0.5) is 10.2 Å². The Hall–Kier alpha value is -1.69. The van der Waals surface area contributed by atoms with Crippen LogP contribution in [0.15, 0.2) is 12.3 Å². The zero-order valence-corrected chi connectivity index (χ0v) is 10.1. The Morgan fingerprint density at radius 1 is 1.67 bits per heavy atom. The summed E-state index contributed by atoms with van der Waals surface area (Å²) in [5, 5.41) is 9.75. The van der Waals surface area contributed by atoms with Gasteiger partial charge < -0.3 is 15.7 Å². The first-order valence-electron chi connectivity index (χ1n) is 5.87. The number of nitrogens with zero attached hydrogens (tertiary/aromatic N) is 2. The molecule has 3 N–H and O–H groups in total. The van der Waals surface area contributed by atoms with Crippen LogP contribution in [0.2, 0.25) is 0 Å². The number of amides is 1. The molecule has 0 radical (unpaired) electrons. The highest BCUT2D eigenvalue weighted by Crippen LogP contribution is 2.20. The van der Waals surface area contributed by atoms with Gasteiger partial charge in [0.1, 0.15) is 11.6 Å². The van der Waals surface area contributed by atoms with E-state index in [2.05, 4.69) is 4.98 Å². The van der Waals surface area contributed by atoms with E-state index in [0.717, 1.165) is 18.7 Å². The fraction of sp³-hybridized carbons (Fsp3) is 0.500. The van der Waals surface area contributed by atoms with Gasteiger partial charge in [0, 0.05) is 13.1 Å². The number of anilines is 1. The van der Waals surface area contributed by atoms with Crippen molar-refractivity contribution in [2.75, 3.05) is 18.8 Å². The van der Waals surface area contributed by atoms with E-state index in [1.807, 2.05) is 6.92 Å². The second-order valence-corrected chi connectivity index (χ2v) is 4.67. The quantitative estimate of drug-likeness (QED) is 0.770. The van der Waals surface area contributed by atoms with Crippen molar-refractivity contribution in [3.63, 3.8) is 0 Å². The smallest absolute Gasteiger partial charge is 0.257 e. The van der Waals surface area contributed by atoms with Crippen molar-refractivity contribution in [3.8, 4) is 0 Å². The summed E-state index contributed by atoms with van der Waals surface area (Å²) in [4.78, 5) is 17.3. The van der Waals surface area contributed by atoms with Crippen molar-refractivity contribution in [1.82, 2.24) is 9.88 Å². The van der Waals surface area contributed by atoms with Gasteiger partial charge in [-0.25, -0.2) is 9.37 Å². The molecule has 1 saturated heterocycles. The van der Waals surface area contributed by atoms with Gasteiger partial charge in [0.05, 0.1) is 17.9 Å². The average Bonchev–Trinajstić information content (AvgIpc) is 2.35. The van der Waals surface area contributed by atoms with E-state index in [9.17, 15) is 14.3 Å². The molecule has 0 aromatic carbocycles. The van der Waals surface area contributed by atoms with Gasteiger partial charge in [0.15, 0.2) is 0 Å². The van der Waals surface area contributed by atoms with Crippen molar-refractivity contribution in [3.05, 3.63) is 23.6 Å². The molecule has 2 rings (SSSR count). The lowest BCUT2D eigenvalue weighted by Crippen LogP contribution is -2.46. The Kier molecular flexibility index (Phi) is 3.47. The zero-order valence-electron chi connectivity index (χ0n) is 10.1. The summed E-state index contributed by atoms with van der Waals surface area (Å²) in [6.45, 7) is 2.72. The summed E-state index contributed by atoms with van der Waals surface area (Å²) in [6.07, 6.45) is 1.14. The van der Waals surface area contributed by atoms with Crippen LogP contribution in [-0.4, -0.2) is 40.1 Å². The van der Waals surface area contributed by atoms with Crippen molar-refractivity contribution < 1.29 is 14.3 Å². The molecule has 98 valence electrons. The number of carbonyl (C=O) groups excluding carboxylic acids is 1. The van der Waals surface area contributed by atoms with Crippen LogP contribution >= 0.6 is 0 Å². The van der Waals surface area contributed by atoms with Gasteiger partial charge >= 0.3 is 0 Å². The Labute approximate surface area is 104 Å². The van der Waals surface area contributed by atoms with Gasteiger partial charge in [-0.05, 0) is 18.4 Å². The van der Waals surface area contributed by atoms with Crippen LogP contribution < -0.4 is 5.73 Å². The number of likely N-dealkylation sites (tertiary alicyclic amines) is 1. The minimum atomic E-state index is -0.599. The molecule has 2 heterocycles. The van der Waals surface area contributed by atoms with Gasteiger partial charge in [-0.3, -0.25) is 4.79 Å². The van der Waals surface area contributed by atoms with E-state index in [-0.39, 0.29) is 29.8 Å². The van der Waals surface area contributed by atoms with Gasteiger partial charge in [0.2, 0.25) is 0 Å². The molecule has 1 fully saturated rings. The topological polar surface area (TPSA) is 79.5 Å². The molecule has 0 bridgehead atoms. The lowest BCUT2D eigenvalue weighted by Gasteiger charge is -2.34. The molecule has 2 atom stereocenters. The lowest BCUT2D eigenvalue weighted by atomic mass is 9.95. The van der Waals surface area contributed by atoms with Crippen molar-refractivity contribution in [2.45, 2.75) is 19.4 Å². The van der Waals surface area contributed by atoms with Gasteiger partial charge in [-0.1, -0.05) is 6.92 Å². The fourth-order valence-electron chi connectivity index (χ4n) is 2.02. The van der Waals surface area contributed by atoms with Crippen LogP contribution in [0.25, 0.3) is 0 Å². The van der Waals surface area contributed by atoms with Crippen molar-refractivity contribution >= 4 is 11.7 Å². The molecule has 5 nitrogen and oxygen atoms in total. The Bertz CT molecular complexity index is 467. The maximum absolute atomic E-state index is 13.1. The second-order valence-electron chi connectivity index (χ2n) is 4.67. The molecule has 1 amide bonds. The van der Waals surface area contributed by atoms with Crippen LogP contribution in [0, 0.1) is 11.7 Å². The fourth-order valence-corrected chi connectivity index (χ4v) is 2.02. The third-order valence-electron chi connectivity index (χ3n) is 3.32. The van der Waals surface area contributed by atoms with E-state index in [4.69, 9.17) is 5.73 Å². The Morgan fingerprint density at radius 3 is 3.06 bits per heavy atom. The molecule has 0 saturated carbocycles. The summed E-state index contributed by atoms with van der Waals surface area (Å²) in [6, 6.07) is 1.08. The zero-order chi connectivity index (χ0) is 13.3. The SMILES string of the molecule is CC1CCN(C(=O)c2cc(F)cnc2N)CC1O. The van der Waals surface area contributed by atoms with Crippen LogP contribution in [-0.2, 0) is 0 Å². The number of nitrogen functional groups attached to an aromatic ring is 1. The normalized spacial score (nSPS) is 24.1. The van der Waals surface area contributed by atoms with Gasteiger partial charge in [-0.2, -0.15) is 0 Å². The van der Waals surface area contributed by atoms with E-state index < -0.39 is 11.9 Å². The number of hydrogen-bond acceptors (Lipinski definition) is 4. The van der Waals surface area contributed by atoms with Crippen molar-refractivity contribution in [1.29, 1.82) is 0 Å². The first kappa shape index (κ1) is 12.8. The number of β-amino-alcohol motifs (C(OH)–C–C–N with tert-alkyl or cyclic N) is 1. The van der Waals surface area contributed by atoms with E-state index in [1.165, 1.54) is 4.90 Å². The van der Waals surface area contributed by atoms with Gasteiger partial charge in [-0.15, -0.1) is 0 Å².